The topological polar surface area (TPSA) is 72.2 Å². The SMILES string of the molecule is Cc1ccc(NS(=O)(=O)c2c(Cl)cc(N)cc2Cl)cc1. The molecule has 0 spiro atoms. The molecule has 2 rings (SSSR count). The second-order valence-electron chi connectivity index (χ2n) is 4.29. The zero-order valence-electron chi connectivity index (χ0n) is 10.5. The van der Waals surface area contributed by atoms with Gasteiger partial charge in [-0.1, -0.05) is 40.9 Å². The molecule has 106 valence electrons. The molecule has 3 N–H and O–H groups in total. The fourth-order valence-corrected chi connectivity index (χ4v) is 3.96. The first-order valence-corrected chi connectivity index (χ1v) is 7.87. The quantitative estimate of drug-likeness (QED) is 0.843. The van der Waals surface area contributed by atoms with Crippen LogP contribution in [0.25, 0.3) is 0 Å². The molecular formula is C13H12Cl2N2O2S. The van der Waals surface area contributed by atoms with Gasteiger partial charge in [-0.05, 0) is 31.2 Å². The molecule has 0 unspecified atom stereocenters. The maximum atomic E-state index is 12.3. The lowest BCUT2D eigenvalue weighted by atomic mass is 10.2. The van der Waals surface area contributed by atoms with Gasteiger partial charge in [0.15, 0.2) is 0 Å². The molecule has 2 aromatic rings. The van der Waals surface area contributed by atoms with Gasteiger partial charge < -0.3 is 5.73 Å². The van der Waals surface area contributed by atoms with Crippen LogP contribution in [0.4, 0.5) is 11.4 Å². The number of halogens is 2. The number of aryl methyl sites for hydroxylation is 1. The van der Waals surface area contributed by atoms with Crippen LogP contribution in [0.1, 0.15) is 5.56 Å². The average molecular weight is 331 g/mol. The number of anilines is 2. The van der Waals surface area contributed by atoms with E-state index in [4.69, 9.17) is 28.9 Å². The van der Waals surface area contributed by atoms with Crippen molar-refractivity contribution in [3.63, 3.8) is 0 Å². The number of benzene rings is 2. The van der Waals surface area contributed by atoms with Crippen LogP contribution in [0.2, 0.25) is 10.0 Å². The lowest BCUT2D eigenvalue weighted by molar-refractivity contribution is 0.601. The minimum absolute atomic E-state index is 0.0189. The summed E-state index contributed by atoms with van der Waals surface area (Å²) in [4.78, 5) is -0.185. The smallest absolute Gasteiger partial charge is 0.264 e. The Morgan fingerprint density at radius 1 is 1.05 bits per heavy atom. The fraction of sp³-hybridized carbons (Fsp3) is 0.0769. The standard InChI is InChI=1S/C13H12Cl2N2O2S/c1-8-2-4-10(5-3-8)17-20(18,19)13-11(14)6-9(16)7-12(13)15/h2-7,17H,16H2,1H3. The molecule has 0 aromatic heterocycles. The van der Waals surface area contributed by atoms with E-state index in [0.717, 1.165) is 5.56 Å². The van der Waals surface area contributed by atoms with Gasteiger partial charge in [-0.15, -0.1) is 0 Å². The third-order valence-corrected chi connectivity index (χ3v) is 4.90. The molecule has 0 atom stereocenters. The summed E-state index contributed by atoms with van der Waals surface area (Å²) in [6.45, 7) is 1.91. The Kier molecular flexibility index (Phi) is 4.13. The summed E-state index contributed by atoms with van der Waals surface area (Å²) in [5, 5.41) is -0.0378. The van der Waals surface area contributed by atoms with Gasteiger partial charge in [0.05, 0.1) is 10.0 Å². The Balaban J connectivity index is 2.43. The van der Waals surface area contributed by atoms with Crippen molar-refractivity contribution >= 4 is 44.6 Å². The summed E-state index contributed by atoms with van der Waals surface area (Å²) in [5.74, 6) is 0. The number of nitrogen functional groups attached to an aromatic ring is 1. The predicted octanol–water partition coefficient (Wildman–Crippen LogP) is 3.68. The summed E-state index contributed by atoms with van der Waals surface area (Å²) in [6.07, 6.45) is 0. The van der Waals surface area contributed by atoms with E-state index < -0.39 is 10.0 Å². The molecule has 0 bridgehead atoms. The van der Waals surface area contributed by atoms with Crippen LogP contribution in [-0.2, 0) is 10.0 Å². The number of sulfonamides is 1. The Labute approximate surface area is 127 Å². The van der Waals surface area contributed by atoms with Crippen LogP contribution < -0.4 is 10.5 Å². The van der Waals surface area contributed by atoms with Crippen molar-refractivity contribution in [2.24, 2.45) is 0 Å². The van der Waals surface area contributed by atoms with E-state index in [-0.39, 0.29) is 14.9 Å². The molecule has 0 aliphatic rings. The van der Waals surface area contributed by atoms with Gasteiger partial charge in [0.25, 0.3) is 10.0 Å². The van der Waals surface area contributed by atoms with Gasteiger partial charge in [-0.25, -0.2) is 8.42 Å². The first kappa shape index (κ1) is 15.0. The zero-order valence-corrected chi connectivity index (χ0v) is 12.9. The predicted molar refractivity (Wildman–Crippen MR) is 82.9 cm³/mol. The van der Waals surface area contributed by atoms with E-state index in [9.17, 15) is 8.42 Å². The van der Waals surface area contributed by atoms with Crippen LogP contribution in [0, 0.1) is 6.92 Å². The highest BCUT2D eigenvalue weighted by Gasteiger charge is 2.22. The molecule has 0 saturated carbocycles. The first-order valence-electron chi connectivity index (χ1n) is 5.63. The van der Waals surface area contributed by atoms with Gasteiger partial charge in [-0.2, -0.15) is 0 Å². The molecule has 0 aliphatic carbocycles. The third kappa shape index (κ3) is 3.17. The van der Waals surface area contributed by atoms with Crippen LogP contribution >= 0.6 is 23.2 Å². The largest absolute Gasteiger partial charge is 0.399 e. The molecule has 0 amide bonds. The van der Waals surface area contributed by atoms with Crippen molar-refractivity contribution in [3.05, 3.63) is 52.0 Å². The minimum atomic E-state index is -3.87. The minimum Gasteiger partial charge on any atom is -0.399 e. The highest BCUT2D eigenvalue weighted by molar-refractivity contribution is 7.93. The van der Waals surface area contributed by atoms with Crippen molar-refractivity contribution < 1.29 is 8.42 Å². The van der Waals surface area contributed by atoms with Crippen LogP contribution in [0.3, 0.4) is 0 Å². The summed E-state index contributed by atoms with van der Waals surface area (Å²) >= 11 is 11.9. The highest BCUT2D eigenvalue weighted by Crippen LogP contribution is 2.33. The number of hydrogen-bond acceptors (Lipinski definition) is 3. The third-order valence-electron chi connectivity index (χ3n) is 2.59. The molecule has 0 saturated heterocycles. The van der Waals surface area contributed by atoms with E-state index in [1.54, 1.807) is 24.3 Å². The molecule has 0 heterocycles. The Morgan fingerprint density at radius 3 is 2.05 bits per heavy atom. The summed E-state index contributed by atoms with van der Waals surface area (Å²) in [6, 6.07) is 9.60. The maximum Gasteiger partial charge on any atom is 0.264 e. The molecule has 4 nitrogen and oxygen atoms in total. The zero-order chi connectivity index (χ0) is 14.9. The Morgan fingerprint density at radius 2 is 1.55 bits per heavy atom. The van der Waals surface area contributed by atoms with Crippen molar-refractivity contribution in [1.29, 1.82) is 0 Å². The van der Waals surface area contributed by atoms with Crippen molar-refractivity contribution in [1.82, 2.24) is 0 Å². The van der Waals surface area contributed by atoms with E-state index in [1.807, 2.05) is 6.92 Å². The van der Waals surface area contributed by atoms with Gasteiger partial charge in [0.1, 0.15) is 4.90 Å². The molecular weight excluding hydrogens is 319 g/mol. The van der Waals surface area contributed by atoms with E-state index in [2.05, 4.69) is 4.72 Å². The fourth-order valence-electron chi connectivity index (χ4n) is 1.66. The summed E-state index contributed by atoms with van der Waals surface area (Å²) < 4.78 is 27.1. The molecule has 0 radical (unpaired) electrons. The van der Waals surface area contributed by atoms with Crippen molar-refractivity contribution in [2.45, 2.75) is 11.8 Å². The second kappa shape index (κ2) is 5.52. The highest BCUT2D eigenvalue weighted by atomic mass is 35.5. The normalized spacial score (nSPS) is 11.3. The lowest BCUT2D eigenvalue weighted by Gasteiger charge is -2.11. The Hall–Kier alpha value is -1.43. The molecule has 20 heavy (non-hydrogen) atoms. The summed E-state index contributed by atoms with van der Waals surface area (Å²) in [5.41, 5.74) is 7.31. The van der Waals surface area contributed by atoms with E-state index >= 15 is 0 Å². The lowest BCUT2D eigenvalue weighted by Crippen LogP contribution is -2.14. The molecule has 0 fully saturated rings. The van der Waals surface area contributed by atoms with Crippen LogP contribution in [0.15, 0.2) is 41.3 Å². The molecule has 0 aliphatic heterocycles. The van der Waals surface area contributed by atoms with Crippen molar-refractivity contribution in [2.75, 3.05) is 10.5 Å². The van der Waals surface area contributed by atoms with Crippen molar-refractivity contribution in [3.8, 4) is 0 Å². The summed E-state index contributed by atoms with van der Waals surface area (Å²) in [7, 11) is -3.87. The Bertz CT molecular complexity index is 720. The van der Waals surface area contributed by atoms with Gasteiger partial charge in [0.2, 0.25) is 0 Å². The number of hydrogen-bond donors (Lipinski definition) is 2. The van der Waals surface area contributed by atoms with E-state index in [0.29, 0.717) is 11.4 Å². The number of nitrogens with two attached hydrogens (primary N) is 1. The molecule has 7 heteroatoms. The molecule has 2 aromatic carbocycles. The monoisotopic (exact) mass is 330 g/mol. The van der Waals surface area contributed by atoms with Crippen LogP contribution in [0.5, 0.6) is 0 Å². The average Bonchev–Trinajstić information content (AvgIpc) is 2.30. The first-order chi connectivity index (χ1) is 9.29. The van der Waals surface area contributed by atoms with Gasteiger partial charge in [-0.3, -0.25) is 4.72 Å². The second-order valence-corrected chi connectivity index (χ2v) is 6.72. The number of rotatable bonds is 3. The number of nitrogens with one attached hydrogen (secondary N) is 1. The van der Waals surface area contributed by atoms with Gasteiger partial charge >= 0.3 is 0 Å². The van der Waals surface area contributed by atoms with Gasteiger partial charge in [0, 0.05) is 11.4 Å². The maximum absolute atomic E-state index is 12.3. The van der Waals surface area contributed by atoms with E-state index in [1.165, 1.54) is 12.1 Å². The van der Waals surface area contributed by atoms with Crippen LogP contribution in [-0.4, -0.2) is 8.42 Å².